The smallest absolute Gasteiger partial charge is 0.251 e. The van der Waals surface area contributed by atoms with Crippen LogP contribution in [-0.4, -0.2) is 15.0 Å². The van der Waals surface area contributed by atoms with Gasteiger partial charge in [-0.1, -0.05) is 19.9 Å². The van der Waals surface area contributed by atoms with E-state index in [1.165, 1.54) is 0 Å². The molecular formula is C16H15N3O. The summed E-state index contributed by atoms with van der Waals surface area (Å²) in [5.74, 6) is 0.824. The third-order valence-electron chi connectivity index (χ3n) is 3.23. The normalized spacial score (nSPS) is 11.2. The lowest BCUT2D eigenvalue weighted by Gasteiger charge is -2.07. The molecule has 2 heterocycles. The molecule has 20 heavy (non-hydrogen) atoms. The Hall–Kier alpha value is -2.49. The summed E-state index contributed by atoms with van der Waals surface area (Å²) >= 11 is 0. The van der Waals surface area contributed by atoms with Crippen LogP contribution in [0.15, 0.2) is 47.4 Å². The summed E-state index contributed by atoms with van der Waals surface area (Å²) in [5.41, 5.74) is 2.50. The molecule has 4 nitrogen and oxygen atoms in total. The molecule has 4 heteroatoms. The zero-order valence-corrected chi connectivity index (χ0v) is 11.4. The third-order valence-corrected chi connectivity index (χ3v) is 3.23. The highest BCUT2D eigenvalue weighted by Gasteiger charge is 2.07. The summed E-state index contributed by atoms with van der Waals surface area (Å²) < 4.78 is 0. The minimum absolute atomic E-state index is 0.120. The van der Waals surface area contributed by atoms with E-state index in [-0.39, 0.29) is 11.5 Å². The van der Waals surface area contributed by atoms with E-state index in [1.54, 1.807) is 12.3 Å². The lowest BCUT2D eigenvalue weighted by atomic mass is 10.1. The monoisotopic (exact) mass is 265 g/mol. The van der Waals surface area contributed by atoms with Crippen molar-refractivity contribution in [2.75, 3.05) is 0 Å². The molecule has 0 bridgehead atoms. The van der Waals surface area contributed by atoms with Crippen LogP contribution in [-0.2, 0) is 0 Å². The number of rotatable bonds is 2. The van der Waals surface area contributed by atoms with Crippen molar-refractivity contribution in [2.45, 2.75) is 19.8 Å². The van der Waals surface area contributed by atoms with Gasteiger partial charge in [-0.3, -0.25) is 9.78 Å². The van der Waals surface area contributed by atoms with Gasteiger partial charge >= 0.3 is 0 Å². The fraction of sp³-hybridized carbons (Fsp3) is 0.188. The van der Waals surface area contributed by atoms with Crippen LogP contribution < -0.4 is 5.56 Å². The number of nitrogens with zero attached hydrogens (tertiary/aromatic N) is 2. The molecule has 0 spiro atoms. The maximum Gasteiger partial charge on any atom is 0.251 e. The van der Waals surface area contributed by atoms with Crippen LogP contribution in [0.4, 0.5) is 0 Å². The van der Waals surface area contributed by atoms with Crippen LogP contribution in [0.1, 0.15) is 25.5 Å². The fourth-order valence-electron chi connectivity index (χ4n) is 2.13. The van der Waals surface area contributed by atoms with Crippen LogP contribution in [0, 0.1) is 0 Å². The molecule has 0 aliphatic heterocycles. The zero-order chi connectivity index (χ0) is 14.1. The highest BCUT2D eigenvalue weighted by Crippen LogP contribution is 2.21. The molecule has 1 aromatic carbocycles. The maximum absolute atomic E-state index is 11.7. The Bertz CT molecular complexity index is 821. The highest BCUT2D eigenvalue weighted by atomic mass is 16.1. The van der Waals surface area contributed by atoms with Gasteiger partial charge < -0.3 is 4.98 Å². The highest BCUT2D eigenvalue weighted by molar-refractivity contribution is 5.83. The number of hydrogen-bond donors (Lipinski definition) is 1. The van der Waals surface area contributed by atoms with E-state index < -0.39 is 0 Å². The lowest BCUT2D eigenvalue weighted by Crippen LogP contribution is -2.11. The molecule has 0 saturated heterocycles. The minimum Gasteiger partial charge on any atom is -0.307 e. The molecular weight excluding hydrogens is 250 g/mol. The number of H-pyrrole nitrogens is 1. The van der Waals surface area contributed by atoms with Crippen LogP contribution in [0.5, 0.6) is 0 Å². The molecule has 0 radical (unpaired) electrons. The van der Waals surface area contributed by atoms with Crippen molar-refractivity contribution in [3.63, 3.8) is 0 Å². The summed E-state index contributed by atoms with van der Waals surface area (Å²) in [6.45, 7) is 4.05. The Kier molecular flexibility index (Phi) is 3.06. The van der Waals surface area contributed by atoms with Crippen molar-refractivity contribution in [1.82, 2.24) is 15.0 Å². The number of nitrogens with one attached hydrogen (secondary N) is 1. The first kappa shape index (κ1) is 12.5. The number of pyridine rings is 1. The van der Waals surface area contributed by atoms with Crippen LogP contribution >= 0.6 is 0 Å². The molecule has 0 aliphatic rings. The summed E-state index contributed by atoms with van der Waals surface area (Å²) in [6, 6.07) is 11.3. The van der Waals surface area contributed by atoms with Crippen LogP contribution in [0.3, 0.4) is 0 Å². The molecule has 0 amide bonds. The van der Waals surface area contributed by atoms with Gasteiger partial charge in [-0.25, -0.2) is 4.98 Å². The zero-order valence-electron chi connectivity index (χ0n) is 11.4. The summed E-state index contributed by atoms with van der Waals surface area (Å²) in [6.07, 6.45) is 1.77. The van der Waals surface area contributed by atoms with Crippen molar-refractivity contribution in [1.29, 1.82) is 0 Å². The Labute approximate surface area is 116 Å². The van der Waals surface area contributed by atoms with Gasteiger partial charge in [-0.15, -0.1) is 0 Å². The van der Waals surface area contributed by atoms with E-state index in [2.05, 4.69) is 15.0 Å². The van der Waals surface area contributed by atoms with Gasteiger partial charge in [0, 0.05) is 23.2 Å². The van der Waals surface area contributed by atoms with Crippen molar-refractivity contribution in [3.8, 4) is 11.4 Å². The Morgan fingerprint density at radius 1 is 1.15 bits per heavy atom. The molecule has 2 aromatic heterocycles. The van der Waals surface area contributed by atoms with E-state index in [0.29, 0.717) is 5.82 Å². The summed E-state index contributed by atoms with van der Waals surface area (Å²) in [4.78, 5) is 23.4. The number of aromatic amines is 1. The van der Waals surface area contributed by atoms with Crippen LogP contribution in [0.25, 0.3) is 22.3 Å². The predicted molar refractivity (Wildman–Crippen MR) is 79.7 cm³/mol. The van der Waals surface area contributed by atoms with Gasteiger partial charge in [-0.05, 0) is 30.2 Å². The van der Waals surface area contributed by atoms with Gasteiger partial charge in [0.25, 0.3) is 5.56 Å². The largest absolute Gasteiger partial charge is 0.307 e. The molecule has 0 atom stereocenters. The van der Waals surface area contributed by atoms with Crippen LogP contribution in [0.2, 0.25) is 0 Å². The number of hydrogen-bond acceptors (Lipinski definition) is 3. The number of aromatic nitrogens is 3. The topological polar surface area (TPSA) is 58.6 Å². The van der Waals surface area contributed by atoms with Gasteiger partial charge in [0.05, 0.1) is 11.2 Å². The maximum atomic E-state index is 11.7. The first-order valence-electron chi connectivity index (χ1n) is 6.60. The second-order valence-corrected chi connectivity index (χ2v) is 5.08. The summed E-state index contributed by atoms with van der Waals surface area (Å²) in [5, 5.41) is 1.03. The fourth-order valence-corrected chi connectivity index (χ4v) is 2.13. The van der Waals surface area contributed by atoms with E-state index in [0.717, 1.165) is 22.2 Å². The standard InChI is InChI=1S/C16H15N3O/c1-10(2)14-9-15(20)19-16(18-14)12-5-6-13-11(8-12)4-3-7-17-13/h3-10H,1-2H3,(H,18,19,20). The van der Waals surface area contributed by atoms with Crippen molar-refractivity contribution in [2.24, 2.45) is 0 Å². The quantitative estimate of drug-likeness (QED) is 0.774. The Balaban J connectivity index is 2.17. The number of benzene rings is 1. The van der Waals surface area contributed by atoms with Gasteiger partial charge in [0.2, 0.25) is 0 Å². The average molecular weight is 265 g/mol. The van der Waals surface area contributed by atoms with E-state index in [9.17, 15) is 4.79 Å². The lowest BCUT2D eigenvalue weighted by molar-refractivity contribution is 0.812. The summed E-state index contributed by atoms with van der Waals surface area (Å²) in [7, 11) is 0. The van der Waals surface area contributed by atoms with Crippen molar-refractivity contribution in [3.05, 3.63) is 58.6 Å². The first-order valence-corrected chi connectivity index (χ1v) is 6.60. The molecule has 1 N–H and O–H groups in total. The molecule has 0 unspecified atom stereocenters. The molecule has 100 valence electrons. The van der Waals surface area contributed by atoms with Crippen molar-refractivity contribution >= 4 is 10.9 Å². The SMILES string of the molecule is CC(C)c1cc(=O)[nH]c(-c2ccc3ncccc3c2)n1. The second-order valence-electron chi connectivity index (χ2n) is 5.08. The van der Waals surface area contributed by atoms with Gasteiger partial charge in [0.1, 0.15) is 5.82 Å². The molecule has 0 saturated carbocycles. The van der Waals surface area contributed by atoms with E-state index in [4.69, 9.17) is 0 Å². The Morgan fingerprint density at radius 3 is 2.80 bits per heavy atom. The molecule has 3 aromatic rings. The second kappa shape index (κ2) is 4.89. The van der Waals surface area contributed by atoms with E-state index >= 15 is 0 Å². The Morgan fingerprint density at radius 2 is 2.00 bits per heavy atom. The molecule has 0 fully saturated rings. The third kappa shape index (κ3) is 2.32. The van der Waals surface area contributed by atoms with Crippen molar-refractivity contribution < 1.29 is 0 Å². The average Bonchev–Trinajstić information content (AvgIpc) is 2.46. The minimum atomic E-state index is -0.120. The number of fused-ring (bicyclic) bond motifs is 1. The van der Waals surface area contributed by atoms with Gasteiger partial charge in [-0.2, -0.15) is 0 Å². The predicted octanol–water partition coefficient (Wildman–Crippen LogP) is 3.11. The first-order chi connectivity index (χ1) is 9.63. The molecule has 0 aliphatic carbocycles. The van der Waals surface area contributed by atoms with E-state index in [1.807, 2.05) is 44.2 Å². The van der Waals surface area contributed by atoms with Gasteiger partial charge in [0.15, 0.2) is 0 Å². The molecule has 3 rings (SSSR count).